The molecule has 0 spiro atoms. The highest BCUT2D eigenvalue weighted by atomic mass is 16.6. The molecule has 0 aliphatic carbocycles. The van der Waals surface area contributed by atoms with Crippen LogP contribution in [0.1, 0.15) is 62.6 Å². The van der Waals surface area contributed by atoms with Gasteiger partial charge in [-0.05, 0) is 46.5 Å². The fraction of sp³-hybridized carbons (Fsp3) is 0.769. The van der Waals surface area contributed by atoms with Gasteiger partial charge in [-0.3, -0.25) is 0 Å². The molecule has 3 heterocycles. The Labute approximate surface area is 112 Å². The summed E-state index contributed by atoms with van der Waals surface area (Å²) in [5, 5.41) is 14.4. The Morgan fingerprint density at radius 3 is 2.53 bits per heavy atom. The summed E-state index contributed by atoms with van der Waals surface area (Å²) >= 11 is 0. The van der Waals surface area contributed by atoms with Gasteiger partial charge in [0.05, 0.1) is 5.54 Å². The zero-order valence-corrected chi connectivity index (χ0v) is 11.6. The normalized spacial score (nSPS) is 29.7. The van der Waals surface area contributed by atoms with Gasteiger partial charge in [0.1, 0.15) is 11.3 Å². The number of hydrogen-bond donors (Lipinski definition) is 2. The molecule has 2 aliphatic rings. The summed E-state index contributed by atoms with van der Waals surface area (Å²) < 4.78 is 5.40. The lowest BCUT2D eigenvalue weighted by Gasteiger charge is -2.25. The average Bonchev–Trinajstić information content (AvgIpc) is 3.02. The lowest BCUT2D eigenvalue weighted by molar-refractivity contribution is 0.00593. The van der Waals surface area contributed by atoms with Crippen LogP contribution in [0.2, 0.25) is 0 Å². The van der Waals surface area contributed by atoms with Crippen LogP contribution in [0.15, 0.2) is 0 Å². The van der Waals surface area contributed by atoms with E-state index < -0.39 is 11.6 Å². The molecule has 0 saturated carbocycles. The predicted molar refractivity (Wildman–Crippen MR) is 68.6 cm³/mol. The van der Waals surface area contributed by atoms with E-state index in [1.54, 1.807) is 0 Å². The minimum absolute atomic E-state index is 0.177. The largest absolute Gasteiger partial charge is 0.455 e. The van der Waals surface area contributed by atoms with Crippen molar-refractivity contribution in [2.75, 3.05) is 0 Å². The number of ether oxygens (including phenoxy) is 1. The number of hydrogen-bond acceptors (Lipinski definition) is 5. The standard InChI is InChI=1S/C13H20N4O2/c1-12(2,3)19-11(18)9-10(16-17-15-9)13-6-4-8(14-13)5-7-13/h8,14H,4-7H2,1-3H3,(H,15,16,17). The number of aromatic nitrogens is 3. The molecular weight excluding hydrogens is 244 g/mol. The molecule has 2 aliphatic heterocycles. The first-order valence-corrected chi connectivity index (χ1v) is 6.82. The third-order valence-corrected chi connectivity index (χ3v) is 3.91. The van der Waals surface area contributed by atoms with Crippen molar-refractivity contribution in [1.29, 1.82) is 0 Å². The second-order valence-corrected chi connectivity index (χ2v) is 6.52. The van der Waals surface area contributed by atoms with Gasteiger partial charge in [0.15, 0.2) is 5.69 Å². The summed E-state index contributed by atoms with van der Waals surface area (Å²) in [5.41, 5.74) is 0.350. The molecule has 2 N–H and O–H groups in total. The topological polar surface area (TPSA) is 79.9 Å². The molecule has 1 aromatic heterocycles. The Kier molecular flexibility index (Phi) is 2.67. The average molecular weight is 264 g/mol. The van der Waals surface area contributed by atoms with Crippen molar-refractivity contribution in [2.24, 2.45) is 0 Å². The van der Waals surface area contributed by atoms with Crippen molar-refractivity contribution in [2.45, 2.75) is 63.6 Å². The molecule has 19 heavy (non-hydrogen) atoms. The van der Waals surface area contributed by atoms with Crippen LogP contribution >= 0.6 is 0 Å². The maximum atomic E-state index is 12.2. The summed E-state index contributed by atoms with van der Waals surface area (Å²) in [6.45, 7) is 5.55. The van der Waals surface area contributed by atoms with Crippen LogP contribution in [-0.4, -0.2) is 33.0 Å². The third kappa shape index (κ3) is 2.14. The van der Waals surface area contributed by atoms with Crippen LogP contribution in [0.25, 0.3) is 0 Å². The van der Waals surface area contributed by atoms with E-state index in [0.717, 1.165) is 31.4 Å². The minimum Gasteiger partial charge on any atom is -0.455 e. The van der Waals surface area contributed by atoms with Crippen LogP contribution in [0.5, 0.6) is 0 Å². The van der Waals surface area contributed by atoms with Crippen molar-refractivity contribution in [3.63, 3.8) is 0 Å². The zero-order valence-electron chi connectivity index (χ0n) is 11.6. The van der Waals surface area contributed by atoms with Crippen LogP contribution in [0.3, 0.4) is 0 Å². The molecule has 0 radical (unpaired) electrons. The van der Waals surface area contributed by atoms with Crippen molar-refractivity contribution in [1.82, 2.24) is 20.7 Å². The van der Waals surface area contributed by atoms with Crippen LogP contribution in [0, 0.1) is 0 Å². The molecule has 2 fully saturated rings. The van der Waals surface area contributed by atoms with E-state index >= 15 is 0 Å². The van der Waals surface area contributed by atoms with Gasteiger partial charge in [-0.1, -0.05) is 0 Å². The van der Waals surface area contributed by atoms with Crippen molar-refractivity contribution < 1.29 is 9.53 Å². The number of carbonyl (C=O) groups excluding carboxylic acids is 1. The lowest BCUT2D eigenvalue weighted by atomic mass is 9.84. The number of carbonyl (C=O) groups is 1. The molecule has 0 atom stereocenters. The van der Waals surface area contributed by atoms with Gasteiger partial charge in [-0.2, -0.15) is 10.3 Å². The lowest BCUT2D eigenvalue weighted by Crippen LogP contribution is -2.36. The molecule has 3 rings (SSSR count). The predicted octanol–water partition coefficient (Wildman–Crippen LogP) is 1.50. The number of fused-ring (bicyclic) bond motifs is 2. The monoisotopic (exact) mass is 264 g/mol. The first kappa shape index (κ1) is 12.6. The number of nitrogens with one attached hydrogen (secondary N) is 2. The Bertz CT molecular complexity index is 495. The molecule has 6 heteroatoms. The third-order valence-electron chi connectivity index (χ3n) is 3.91. The molecule has 0 amide bonds. The van der Waals surface area contributed by atoms with Gasteiger partial charge in [0.2, 0.25) is 0 Å². The first-order valence-electron chi connectivity index (χ1n) is 6.82. The second kappa shape index (κ2) is 4.03. The van der Waals surface area contributed by atoms with Gasteiger partial charge in [-0.25, -0.2) is 4.79 Å². The number of aromatic amines is 1. The summed E-state index contributed by atoms with van der Waals surface area (Å²) in [6.07, 6.45) is 4.31. The summed E-state index contributed by atoms with van der Waals surface area (Å²) in [5.74, 6) is -0.400. The number of esters is 1. The van der Waals surface area contributed by atoms with Crippen molar-refractivity contribution in [3.8, 4) is 0 Å². The Morgan fingerprint density at radius 2 is 2.00 bits per heavy atom. The number of H-pyrrole nitrogens is 1. The molecule has 0 unspecified atom stereocenters. The van der Waals surface area contributed by atoms with E-state index in [-0.39, 0.29) is 5.54 Å². The van der Waals surface area contributed by atoms with Crippen molar-refractivity contribution in [3.05, 3.63) is 11.4 Å². The summed E-state index contributed by atoms with van der Waals surface area (Å²) in [4.78, 5) is 12.2. The first-order chi connectivity index (χ1) is 8.90. The van der Waals surface area contributed by atoms with Gasteiger partial charge < -0.3 is 10.1 Å². The minimum atomic E-state index is -0.522. The molecule has 6 nitrogen and oxygen atoms in total. The molecule has 2 saturated heterocycles. The Balaban J connectivity index is 1.89. The van der Waals surface area contributed by atoms with E-state index in [0.29, 0.717) is 11.7 Å². The van der Waals surface area contributed by atoms with Crippen molar-refractivity contribution >= 4 is 5.97 Å². The molecule has 104 valence electrons. The molecule has 2 bridgehead atoms. The van der Waals surface area contributed by atoms with Gasteiger partial charge >= 0.3 is 5.97 Å². The van der Waals surface area contributed by atoms with Gasteiger partial charge in [-0.15, -0.1) is 5.10 Å². The molecular formula is C13H20N4O2. The summed E-state index contributed by atoms with van der Waals surface area (Å²) in [6, 6.07) is 0.559. The summed E-state index contributed by atoms with van der Waals surface area (Å²) in [7, 11) is 0. The molecule has 1 aromatic rings. The quantitative estimate of drug-likeness (QED) is 0.791. The van der Waals surface area contributed by atoms with Crippen LogP contribution in [-0.2, 0) is 10.3 Å². The number of rotatable bonds is 2. The van der Waals surface area contributed by atoms with Crippen LogP contribution in [0.4, 0.5) is 0 Å². The Morgan fingerprint density at radius 1 is 1.32 bits per heavy atom. The van der Waals surface area contributed by atoms with E-state index in [9.17, 15) is 4.79 Å². The highest BCUT2D eigenvalue weighted by molar-refractivity contribution is 5.89. The van der Waals surface area contributed by atoms with E-state index in [1.165, 1.54) is 0 Å². The van der Waals surface area contributed by atoms with E-state index in [4.69, 9.17) is 4.74 Å². The zero-order chi connectivity index (χ0) is 13.7. The number of nitrogens with zero attached hydrogens (tertiary/aromatic N) is 2. The molecule has 0 aromatic carbocycles. The fourth-order valence-electron chi connectivity index (χ4n) is 3.13. The Hall–Kier alpha value is -1.43. The van der Waals surface area contributed by atoms with E-state index in [2.05, 4.69) is 20.7 Å². The van der Waals surface area contributed by atoms with Gasteiger partial charge in [0, 0.05) is 6.04 Å². The smallest absolute Gasteiger partial charge is 0.361 e. The van der Waals surface area contributed by atoms with Gasteiger partial charge in [0.25, 0.3) is 0 Å². The van der Waals surface area contributed by atoms with Crippen LogP contribution < -0.4 is 5.32 Å². The SMILES string of the molecule is CC(C)(C)OC(=O)c1n[nH]nc1C12CCC(CC1)N2. The highest BCUT2D eigenvalue weighted by Gasteiger charge is 2.49. The maximum absolute atomic E-state index is 12.2. The second-order valence-electron chi connectivity index (χ2n) is 6.52. The fourth-order valence-corrected chi connectivity index (χ4v) is 3.13. The maximum Gasteiger partial charge on any atom is 0.361 e. The highest BCUT2D eigenvalue weighted by Crippen LogP contribution is 2.44. The van der Waals surface area contributed by atoms with E-state index in [1.807, 2.05) is 20.8 Å².